The lowest BCUT2D eigenvalue weighted by Crippen LogP contribution is -2.45. The van der Waals surface area contributed by atoms with Gasteiger partial charge in [-0.3, -0.25) is 0 Å². The van der Waals surface area contributed by atoms with Gasteiger partial charge in [0.25, 0.3) is 0 Å². The van der Waals surface area contributed by atoms with E-state index in [1.54, 1.807) is 0 Å². The summed E-state index contributed by atoms with van der Waals surface area (Å²) < 4.78 is 0. The second kappa shape index (κ2) is 5.66. The molecule has 2 nitrogen and oxygen atoms in total. The van der Waals surface area contributed by atoms with E-state index >= 15 is 0 Å². The van der Waals surface area contributed by atoms with Crippen LogP contribution < -0.4 is 10.6 Å². The Bertz CT molecular complexity index is 446. The van der Waals surface area contributed by atoms with E-state index in [0.29, 0.717) is 0 Å². The minimum atomic E-state index is 0.736. The third-order valence-corrected chi connectivity index (χ3v) is 5.72. The lowest BCUT2D eigenvalue weighted by molar-refractivity contribution is 0.286. The molecule has 104 valence electrons. The zero-order valence-corrected chi connectivity index (χ0v) is 12.6. The Morgan fingerprint density at radius 1 is 1.32 bits per heavy atom. The zero-order chi connectivity index (χ0) is 13.2. The van der Waals surface area contributed by atoms with Gasteiger partial charge >= 0.3 is 0 Å². The third-order valence-electron chi connectivity index (χ3n) is 4.68. The third kappa shape index (κ3) is 2.58. The first-order valence-corrected chi connectivity index (χ1v) is 8.57. The van der Waals surface area contributed by atoms with Crippen LogP contribution in [0.2, 0.25) is 0 Å². The van der Waals surface area contributed by atoms with E-state index < -0.39 is 0 Å². The van der Waals surface area contributed by atoms with Crippen LogP contribution in [0.15, 0.2) is 23.1 Å². The van der Waals surface area contributed by atoms with Crippen LogP contribution in [0, 0.1) is 5.92 Å². The van der Waals surface area contributed by atoms with Gasteiger partial charge in [-0.05, 0) is 37.0 Å². The van der Waals surface area contributed by atoms with E-state index in [2.05, 4.69) is 24.0 Å². The van der Waals surface area contributed by atoms with Crippen molar-refractivity contribution < 1.29 is 0 Å². The summed E-state index contributed by atoms with van der Waals surface area (Å²) in [5.41, 5.74) is 8.29. The standard InChI is InChI=1S/C16H24N2S/c1-2-12-5-3-4-6-14(12)18-9-10-19-16-8-7-13(17)11-15(16)18/h7-8,11-12,14H,2-6,9-10,17H2,1H3. The van der Waals surface area contributed by atoms with Crippen molar-refractivity contribution in [1.29, 1.82) is 0 Å². The summed E-state index contributed by atoms with van der Waals surface area (Å²) >= 11 is 1.98. The second-order valence-corrected chi connectivity index (χ2v) is 6.93. The number of nitrogen functional groups attached to an aromatic ring is 1. The van der Waals surface area contributed by atoms with Crippen LogP contribution in [0.3, 0.4) is 0 Å². The van der Waals surface area contributed by atoms with Gasteiger partial charge in [-0.1, -0.05) is 26.2 Å². The maximum absolute atomic E-state index is 6.00. The van der Waals surface area contributed by atoms with E-state index in [9.17, 15) is 0 Å². The predicted octanol–water partition coefficient (Wildman–Crippen LogP) is 4.15. The van der Waals surface area contributed by atoms with Crippen LogP contribution in [0.25, 0.3) is 0 Å². The first-order valence-electron chi connectivity index (χ1n) is 7.58. The molecule has 2 aliphatic rings. The Kier molecular flexibility index (Phi) is 3.92. The minimum absolute atomic E-state index is 0.736. The summed E-state index contributed by atoms with van der Waals surface area (Å²) in [4.78, 5) is 4.08. The fourth-order valence-electron chi connectivity index (χ4n) is 3.67. The summed E-state index contributed by atoms with van der Waals surface area (Å²) in [6.07, 6.45) is 6.88. The number of benzene rings is 1. The molecule has 1 aliphatic heterocycles. The molecule has 0 bridgehead atoms. The summed E-state index contributed by atoms with van der Waals surface area (Å²) in [6, 6.07) is 7.15. The van der Waals surface area contributed by atoms with E-state index in [1.807, 2.05) is 17.8 Å². The molecule has 0 saturated heterocycles. The highest BCUT2D eigenvalue weighted by Gasteiger charge is 2.31. The number of rotatable bonds is 2. The molecule has 0 spiro atoms. The van der Waals surface area contributed by atoms with Crippen LogP contribution in [0.5, 0.6) is 0 Å². The van der Waals surface area contributed by atoms with Crippen molar-refractivity contribution in [1.82, 2.24) is 0 Å². The molecule has 19 heavy (non-hydrogen) atoms. The van der Waals surface area contributed by atoms with Gasteiger partial charge in [-0.25, -0.2) is 0 Å². The van der Waals surface area contributed by atoms with E-state index in [4.69, 9.17) is 5.73 Å². The second-order valence-electron chi connectivity index (χ2n) is 5.79. The highest BCUT2D eigenvalue weighted by molar-refractivity contribution is 7.99. The van der Waals surface area contributed by atoms with Crippen LogP contribution in [0.4, 0.5) is 11.4 Å². The van der Waals surface area contributed by atoms with Crippen molar-refractivity contribution in [3.05, 3.63) is 18.2 Å². The lowest BCUT2D eigenvalue weighted by Gasteiger charge is -2.43. The van der Waals surface area contributed by atoms with Gasteiger partial charge < -0.3 is 10.6 Å². The molecule has 1 heterocycles. The van der Waals surface area contributed by atoms with E-state index in [0.717, 1.165) is 17.6 Å². The molecular formula is C16H24N2S. The summed E-state index contributed by atoms with van der Waals surface area (Å²) in [5.74, 6) is 2.08. The normalized spacial score (nSPS) is 27.1. The average molecular weight is 276 g/mol. The molecule has 1 aromatic carbocycles. The number of thioether (sulfide) groups is 1. The fraction of sp³-hybridized carbons (Fsp3) is 0.625. The quantitative estimate of drug-likeness (QED) is 0.823. The van der Waals surface area contributed by atoms with Gasteiger partial charge in [0.15, 0.2) is 0 Å². The number of hydrogen-bond acceptors (Lipinski definition) is 3. The van der Waals surface area contributed by atoms with E-state index in [-0.39, 0.29) is 0 Å². The van der Waals surface area contributed by atoms with Gasteiger partial charge in [0.2, 0.25) is 0 Å². The summed E-state index contributed by atoms with van der Waals surface area (Å²) in [7, 11) is 0. The smallest absolute Gasteiger partial charge is 0.0527 e. The number of nitrogens with two attached hydrogens (primary N) is 1. The first kappa shape index (κ1) is 13.2. The van der Waals surface area contributed by atoms with Crippen molar-refractivity contribution in [2.75, 3.05) is 22.9 Å². The maximum Gasteiger partial charge on any atom is 0.0527 e. The van der Waals surface area contributed by atoms with Gasteiger partial charge in [0, 0.05) is 28.9 Å². The topological polar surface area (TPSA) is 29.3 Å². The highest BCUT2D eigenvalue weighted by Crippen LogP contribution is 2.41. The van der Waals surface area contributed by atoms with Gasteiger partial charge in [0.1, 0.15) is 0 Å². The van der Waals surface area contributed by atoms with Crippen LogP contribution in [-0.4, -0.2) is 18.3 Å². The molecule has 1 aromatic rings. The minimum Gasteiger partial charge on any atom is -0.399 e. The molecule has 2 N–H and O–H groups in total. The molecule has 1 fully saturated rings. The van der Waals surface area contributed by atoms with Crippen molar-refractivity contribution in [2.24, 2.45) is 5.92 Å². The van der Waals surface area contributed by atoms with E-state index in [1.165, 1.54) is 55.0 Å². The van der Waals surface area contributed by atoms with Crippen molar-refractivity contribution in [2.45, 2.75) is 50.0 Å². The number of fused-ring (bicyclic) bond motifs is 1. The highest BCUT2D eigenvalue weighted by atomic mass is 32.2. The fourth-order valence-corrected chi connectivity index (χ4v) is 4.67. The Labute approximate surface area is 120 Å². The molecule has 2 atom stereocenters. The van der Waals surface area contributed by atoms with Crippen molar-refractivity contribution in [3.8, 4) is 0 Å². The molecule has 1 aliphatic carbocycles. The van der Waals surface area contributed by atoms with Crippen LogP contribution in [0.1, 0.15) is 39.0 Å². The van der Waals surface area contributed by atoms with Gasteiger partial charge in [0.05, 0.1) is 5.69 Å². The molecule has 0 amide bonds. The lowest BCUT2D eigenvalue weighted by atomic mass is 9.81. The molecule has 3 heteroatoms. The number of nitrogens with zero attached hydrogens (tertiary/aromatic N) is 1. The maximum atomic E-state index is 6.00. The Balaban J connectivity index is 1.91. The van der Waals surface area contributed by atoms with Crippen LogP contribution in [-0.2, 0) is 0 Å². The number of anilines is 2. The van der Waals surface area contributed by atoms with Crippen molar-refractivity contribution in [3.63, 3.8) is 0 Å². The molecule has 2 unspecified atom stereocenters. The largest absolute Gasteiger partial charge is 0.399 e. The Hall–Kier alpha value is -0.830. The monoisotopic (exact) mass is 276 g/mol. The summed E-state index contributed by atoms with van der Waals surface area (Å²) in [5, 5.41) is 0. The SMILES string of the molecule is CCC1CCCCC1N1CCSc2ccc(N)cc21. The zero-order valence-electron chi connectivity index (χ0n) is 11.8. The van der Waals surface area contributed by atoms with Gasteiger partial charge in [-0.2, -0.15) is 0 Å². The Morgan fingerprint density at radius 2 is 2.16 bits per heavy atom. The van der Waals surface area contributed by atoms with Crippen LogP contribution >= 0.6 is 11.8 Å². The van der Waals surface area contributed by atoms with Gasteiger partial charge in [-0.15, -0.1) is 11.8 Å². The summed E-state index contributed by atoms with van der Waals surface area (Å²) in [6.45, 7) is 3.53. The average Bonchev–Trinajstić information content (AvgIpc) is 2.46. The molecule has 0 radical (unpaired) electrons. The van der Waals surface area contributed by atoms with Crippen molar-refractivity contribution >= 4 is 23.1 Å². The predicted molar refractivity (Wildman–Crippen MR) is 85.0 cm³/mol. The molecule has 3 rings (SSSR count). The molecule has 0 aromatic heterocycles. The Morgan fingerprint density at radius 3 is 3.00 bits per heavy atom. The number of hydrogen-bond donors (Lipinski definition) is 1. The first-order chi connectivity index (χ1) is 9.29. The molecular weight excluding hydrogens is 252 g/mol. The molecule has 1 saturated carbocycles.